The van der Waals surface area contributed by atoms with Crippen molar-refractivity contribution in [2.75, 3.05) is 38.0 Å². The summed E-state index contributed by atoms with van der Waals surface area (Å²) in [6.07, 6.45) is 1.53. The molecule has 10 heteroatoms. The zero-order valence-electron chi connectivity index (χ0n) is 18.5. The van der Waals surface area contributed by atoms with Crippen molar-refractivity contribution in [3.63, 3.8) is 0 Å². The first-order chi connectivity index (χ1) is 16.4. The molecule has 1 fully saturated rings. The minimum absolute atomic E-state index is 0.0988. The largest absolute Gasteiger partial charge is 0.467 e. The Morgan fingerprint density at radius 3 is 2.29 bits per heavy atom. The molecule has 34 heavy (non-hydrogen) atoms. The van der Waals surface area contributed by atoms with Gasteiger partial charge in [0.1, 0.15) is 5.76 Å². The van der Waals surface area contributed by atoms with E-state index in [1.165, 1.54) is 10.6 Å². The lowest BCUT2D eigenvalue weighted by Gasteiger charge is -2.33. The van der Waals surface area contributed by atoms with E-state index in [9.17, 15) is 18.0 Å². The monoisotopic (exact) mass is 482 g/mol. The van der Waals surface area contributed by atoms with E-state index in [0.717, 1.165) is 0 Å². The Morgan fingerprint density at radius 1 is 0.882 bits per heavy atom. The Kier molecular flexibility index (Phi) is 7.41. The molecule has 2 aromatic carbocycles. The minimum atomic E-state index is -3.54. The summed E-state index contributed by atoms with van der Waals surface area (Å²) in [5, 5.41) is 5.57. The van der Waals surface area contributed by atoms with Gasteiger partial charge in [0.25, 0.3) is 5.91 Å². The van der Waals surface area contributed by atoms with Crippen LogP contribution in [0.4, 0.5) is 5.69 Å². The van der Waals surface area contributed by atoms with Crippen molar-refractivity contribution in [3.8, 4) is 0 Å². The van der Waals surface area contributed by atoms with Gasteiger partial charge in [0.2, 0.25) is 15.9 Å². The second-order valence-electron chi connectivity index (χ2n) is 7.85. The number of rotatable bonds is 8. The van der Waals surface area contributed by atoms with Crippen LogP contribution in [0.3, 0.4) is 0 Å². The third-order valence-electron chi connectivity index (χ3n) is 5.53. The van der Waals surface area contributed by atoms with Crippen molar-refractivity contribution in [3.05, 3.63) is 84.3 Å². The van der Waals surface area contributed by atoms with Gasteiger partial charge in [-0.05, 0) is 36.4 Å². The van der Waals surface area contributed by atoms with Crippen molar-refractivity contribution in [2.24, 2.45) is 0 Å². The number of anilines is 1. The van der Waals surface area contributed by atoms with Gasteiger partial charge in [-0.25, -0.2) is 8.42 Å². The minimum Gasteiger partial charge on any atom is -0.467 e. The number of amides is 2. The van der Waals surface area contributed by atoms with Gasteiger partial charge in [-0.3, -0.25) is 14.5 Å². The number of para-hydroxylation sites is 1. The highest BCUT2D eigenvalue weighted by Gasteiger charge is 2.29. The summed E-state index contributed by atoms with van der Waals surface area (Å²) >= 11 is 0. The molecule has 1 saturated heterocycles. The summed E-state index contributed by atoms with van der Waals surface area (Å²) < 4.78 is 32.2. The second-order valence-corrected chi connectivity index (χ2v) is 9.79. The predicted octanol–water partition coefficient (Wildman–Crippen LogP) is 2.15. The Labute approximate surface area is 198 Å². The maximum absolute atomic E-state index is 12.8. The summed E-state index contributed by atoms with van der Waals surface area (Å²) in [4.78, 5) is 27.4. The first kappa shape index (κ1) is 23.7. The van der Waals surface area contributed by atoms with Gasteiger partial charge in [0.15, 0.2) is 0 Å². The van der Waals surface area contributed by atoms with Crippen molar-refractivity contribution in [2.45, 2.75) is 11.4 Å². The van der Waals surface area contributed by atoms with E-state index in [1.807, 2.05) is 4.90 Å². The molecule has 3 aromatic rings. The summed E-state index contributed by atoms with van der Waals surface area (Å²) in [5.74, 6) is 0.0287. The summed E-state index contributed by atoms with van der Waals surface area (Å²) in [6, 6.07) is 18.6. The van der Waals surface area contributed by atoms with Gasteiger partial charge < -0.3 is 15.1 Å². The van der Waals surface area contributed by atoms with Gasteiger partial charge in [0, 0.05) is 26.2 Å². The van der Waals surface area contributed by atoms with Crippen molar-refractivity contribution in [1.29, 1.82) is 0 Å². The molecule has 0 spiro atoms. The number of piperazine rings is 1. The third-order valence-corrected chi connectivity index (χ3v) is 7.44. The molecule has 0 bridgehead atoms. The molecule has 1 aliphatic heterocycles. The Hall–Kier alpha value is -3.47. The van der Waals surface area contributed by atoms with Crippen LogP contribution in [0.15, 0.2) is 82.3 Å². The number of hydrogen-bond acceptors (Lipinski definition) is 6. The molecule has 9 nitrogen and oxygen atoms in total. The highest BCUT2D eigenvalue weighted by Crippen LogP contribution is 2.18. The van der Waals surface area contributed by atoms with E-state index < -0.39 is 10.0 Å². The fraction of sp³-hybridized carbons (Fsp3) is 0.250. The van der Waals surface area contributed by atoms with E-state index in [1.54, 1.807) is 66.7 Å². The molecule has 0 unspecified atom stereocenters. The highest BCUT2D eigenvalue weighted by molar-refractivity contribution is 7.89. The number of hydrogen-bond donors (Lipinski definition) is 2. The van der Waals surface area contributed by atoms with Gasteiger partial charge >= 0.3 is 0 Å². The van der Waals surface area contributed by atoms with Crippen molar-refractivity contribution >= 4 is 27.5 Å². The van der Waals surface area contributed by atoms with E-state index in [-0.39, 0.29) is 29.8 Å². The first-order valence-corrected chi connectivity index (χ1v) is 12.3. The highest BCUT2D eigenvalue weighted by atomic mass is 32.2. The zero-order chi connectivity index (χ0) is 24.0. The zero-order valence-corrected chi connectivity index (χ0v) is 19.3. The SMILES string of the molecule is O=C(CN1CCN(S(=O)(=O)c2ccccc2)CC1)Nc1ccccc1C(=O)NCc1ccco1. The molecule has 1 aliphatic rings. The van der Waals surface area contributed by atoms with Crippen LogP contribution in [-0.2, 0) is 21.4 Å². The standard InChI is InChI=1S/C24H26N4O5S/c29-23(18-27-12-14-28(15-13-27)34(31,32)20-8-2-1-3-9-20)26-22-11-5-4-10-21(22)24(30)25-17-19-7-6-16-33-19/h1-11,16H,12-15,17-18H2,(H,25,30)(H,26,29). The molecule has 2 N–H and O–H groups in total. The van der Waals surface area contributed by atoms with Crippen LogP contribution in [0.2, 0.25) is 0 Å². The Morgan fingerprint density at radius 2 is 1.59 bits per heavy atom. The van der Waals surface area contributed by atoms with Crippen LogP contribution < -0.4 is 10.6 Å². The summed E-state index contributed by atoms with van der Waals surface area (Å²) in [7, 11) is -3.54. The molecule has 0 atom stereocenters. The number of benzene rings is 2. The molecule has 4 rings (SSSR count). The molecule has 1 aromatic heterocycles. The average Bonchev–Trinajstić information content (AvgIpc) is 3.37. The van der Waals surface area contributed by atoms with E-state index in [4.69, 9.17) is 4.42 Å². The lowest BCUT2D eigenvalue weighted by atomic mass is 10.1. The van der Waals surface area contributed by atoms with Gasteiger partial charge in [-0.2, -0.15) is 4.31 Å². The van der Waals surface area contributed by atoms with Crippen LogP contribution in [0, 0.1) is 0 Å². The quantitative estimate of drug-likeness (QED) is 0.509. The summed E-state index contributed by atoms with van der Waals surface area (Å²) in [5.41, 5.74) is 0.760. The van der Waals surface area contributed by atoms with E-state index >= 15 is 0 Å². The van der Waals surface area contributed by atoms with Crippen LogP contribution in [0.25, 0.3) is 0 Å². The lowest BCUT2D eigenvalue weighted by Crippen LogP contribution is -2.50. The predicted molar refractivity (Wildman–Crippen MR) is 127 cm³/mol. The molecule has 0 radical (unpaired) electrons. The molecule has 178 valence electrons. The van der Waals surface area contributed by atoms with Gasteiger partial charge in [0.05, 0.1) is 35.5 Å². The van der Waals surface area contributed by atoms with E-state index in [0.29, 0.717) is 43.2 Å². The fourth-order valence-electron chi connectivity index (χ4n) is 3.73. The Balaban J connectivity index is 1.30. The first-order valence-electron chi connectivity index (χ1n) is 10.9. The Bertz CT molecular complexity index is 1220. The second kappa shape index (κ2) is 10.6. The van der Waals surface area contributed by atoms with Crippen LogP contribution in [-0.4, -0.2) is 62.2 Å². The van der Waals surface area contributed by atoms with Gasteiger partial charge in [-0.1, -0.05) is 30.3 Å². The fourth-order valence-corrected chi connectivity index (χ4v) is 5.17. The number of carbonyl (C=O) groups is 2. The summed E-state index contributed by atoms with van der Waals surface area (Å²) in [6.45, 7) is 1.81. The number of carbonyl (C=O) groups excluding carboxylic acids is 2. The average molecular weight is 483 g/mol. The number of nitrogens with zero attached hydrogens (tertiary/aromatic N) is 2. The third kappa shape index (κ3) is 5.71. The molecule has 2 heterocycles. The van der Waals surface area contributed by atoms with Crippen LogP contribution in [0.1, 0.15) is 16.1 Å². The number of furan rings is 1. The maximum atomic E-state index is 12.8. The smallest absolute Gasteiger partial charge is 0.253 e. The lowest BCUT2D eigenvalue weighted by molar-refractivity contribution is -0.117. The molecule has 0 saturated carbocycles. The maximum Gasteiger partial charge on any atom is 0.253 e. The number of sulfonamides is 1. The molecule has 0 aliphatic carbocycles. The van der Waals surface area contributed by atoms with Crippen LogP contribution in [0.5, 0.6) is 0 Å². The van der Waals surface area contributed by atoms with Gasteiger partial charge in [-0.15, -0.1) is 0 Å². The van der Waals surface area contributed by atoms with Crippen LogP contribution >= 0.6 is 0 Å². The molecular formula is C24H26N4O5S. The normalized spacial score (nSPS) is 15.1. The van der Waals surface area contributed by atoms with Crippen molar-refractivity contribution < 1.29 is 22.4 Å². The van der Waals surface area contributed by atoms with E-state index in [2.05, 4.69) is 10.6 Å². The topological polar surface area (TPSA) is 112 Å². The number of nitrogens with one attached hydrogen (secondary N) is 2. The molecule has 2 amide bonds. The molecular weight excluding hydrogens is 456 g/mol. The van der Waals surface area contributed by atoms with Crippen molar-refractivity contribution in [1.82, 2.24) is 14.5 Å².